The second kappa shape index (κ2) is 10.8. The van der Waals surface area contributed by atoms with Gasteiger partial charge in [0.1, 0.15) is 0 Å². The van der Waals surface area contributed by atoms with Gasteiger partial charge in [0.05, 0.1) is 11.8 Å². The number of amides is 2. The molecule has 0 radical (unpaired) electrons. The Labute approximate surface area is 200 Å². The second-order valence-corrected chi connectivity index (χ2v) is 8.91. The van der Waals surface area contributed by atoms with Gasteiger partial charge in [0.2, 0.25) is 5.91 Å². The molecule has 2 aromatic carbocycles. The predicted octanol–water partition coefficient (Wildman–Crippen LogP) is 5.14. The van der Waals surface area contributed by atoms with Gasteiger partial charge < -0.3 is 15.2 Å². The van der Waals surface area contributed by atoms with E-state index in [2.05, 4.69) is 20.8 Å². The molecule has 32 heavy (non-hydrogen) atoms. The van der Waals surface area contributed by atoms with Crippen LogP contribution in [0.2, 0.25) is 10.0 Å². The van der Waals surface area contributed by atoms with Gasteiger partial charge in [-0.15, -0.1) is 10.2 Å². The quantitative estimate of drug-likeness (QED) is 0.426. The molecule has 0 unspecified atom stereocenters. The molecular formula is C22H23Cl2N5O2S. The van der Waals surface area contributed by atoms with E-state index < -0.39 is 0 Å². The zero-order valence-corrected chi connectivity index (χ0v) is 20.2. The van der Waals surface area contributed by atoms with Gasteiger partial charge in [0.15, 0.2) is 11.0 Å². The van der Waals surface area contributed by atoms with E-state index in [0.29, 0.717) is 38.8 Å². The molecule has 3 aromatic rings. The number of hydrogen-bond acceptors (Lipinski definition) is 5. The lowest BCUT2D eigenvalue weighted by atomic mass is 10.1. The Morgan fingerprint density at radius 2 is 1.81 bits per heavy atom. The minimum absolute atomic E-state index is 0.131. The number of nitrogens with zero attached hydrogens (tertiary/aromatic N) is 3. The highest BCUT2D eigenvalue weighted by Gasteiger charge is 2.20. The van der Waals surface area contributed by atoms with Gasteiger partial charge in [-0.05, 0) is 50.6 Å². The lowest BCUT2D eigenvalue weighted by Crippen LogP contribution is -2.29. The van der Waals surface area contributed by atoms with Crippen molar-refractivity contribution in [3.63, 3.8) is 0 Å². The molecule has 0 saturated heterocycles. The van der Waals surface area contributed by atoms with Gasteiger partial charge in [-0.2, -0.15) is 0 Å². The van der Waals surface area contributed by atoms with Crippen LogP contribution < -0.4 is 10.6 Å². The lowest BCUT2D eigenvalue weighted by molar-refractivity contribution is -0.113. The fourth-order valence-electron chi connectivity index (χ4n) is 3.14. The second-order valence-electron chi connectivity index (χ2n) is 7.09. The maximum absolute atomic E-state index is 12.6. The summed E-state index contributed by atoms with van der Waals surface area (Å²) < 4.78 is 1.89. The number of carbonyl (C=O) groups is 2. The van der Waals surface area contributed by atoms with Crippen LogP contribution in [-0.4, -0.2) is 32.3 Å². The highest BCUT2D eigenvalue weighted by Crippen LogP contribution is 2.24. The molecule has 0 aliphatic carbocycles. The molecule has 1 atom stereocenters. The number of rotatable bonds is 8. The molecule has 1 heterocycles. The minimum Gasteiger partial charge on any atom is -0.342 e. The van der Waals surface area contributed by atoms with Crippen molar-refractivity contribution >= 4 is 52.5 Å². The van der Waals surface area contributed by atoms with E-state index in [0.717, 1.165) is 5.56 Å². The van der Waals surface area contributed by atoms with Crippen molar-refractivity contribution in [2.75, 3.05) is 11.1 Å². The third kappa shape index (κ3) is 6.03. The molecule has 0 spiro atoms. The van der Waals surface area contributed by atoms with Gasteiger partial charge in [0, 0.05) is 27.8 Å². The van der Waals surface area contributed by atoms with Crippen LogP contribution in [-0.2, 0) is 11.3 Å². The van der Waals surface area contributed by atoms with Crippen molar-refractivity contribution in [2.24, 2.45) is 0 Å². The number of halogens is 2. The zero-order chi connectivity index (χ0) is 23.3. The normalized spacial score (nSPS) is 11.8. The van der Waals surface area contributed by atoms with Crippen molar-refractivity contribution < 1.29 is 9.59 Å². The van der Waals surface area contributed by atoms with Crippen molar-refractivity contribution in [3.05, 3.63) is 69.5 Å². The Morgan fingerprint density at radius 3 is 2.47 bits per heavy atom. The third-order valence-corrected chi connectivity index (χ3v) is 6.07. The molecule has 2 N–H and O–H groups in total. The minimum atomic E-state index is -0.355. The number of carbonyl (C=O) groups excluding carboxylic acids is 2. The average molecular weight is 492 g/mol. The molecule has 168 valence electrons. The molecule has 1 aromatic heterocycles. The third-order valence-electron chi connectivity index (χ3n) is 4.66. The Morgan fingerprint density at radius 1 is 1.12 bits per heavy atom. The number of anilines is 1. The topological polar surface area (TPSA) is 88.9 Å². The van der Waals surface area contributed by atoms with Crippen LogP contribution in [0.25, 0.3) is 0 Å². The summed E-state index contributed by atoms with van der Waals surface area (Å²) in [5, 5.41) is 15.7. The fourth-order valence-corrected chi connectivity index (χ4v) is 4.48. The lowest BCUT2D eigenvalue weighted by Gasteiger charge is -2.16. The van der Waals surface area contributed by atoms with Gasteiger partial charge in [-0.1, -0.05) is 53.2 Å². The van der Waals surface area contributed by atoms with Crippen LogP contribution >= 0.6 is 35.0 Å². The molecule has 0 bridgehead atoms. The summed E-state index contributed by atoms with van der Waals surface area (Å²) in [5.74, 6) is 0.363. The number of benzene rings is 2. The van der Waals surface area contributed by atoms with Crippen LogP contribution in [0.1, 0.15) is 41.6 Å². The molecule has 2 amide bonds. The van der Waals surface area contributed by atoms with Crippen molar-refractivity contribution in [3.8, 4) is 0 Å². The molecule has 7 nitrogen and oxygen atoms in total. The Hall–Kier alpha value is -2.55. The van der Waals surface area contributed by atoms with Crippen LogP contribution in [0.4, 0.5) is 5.69 Å². The van der Waals surface area contributed by atoms with E-state index in [1.165, 1.54) is 11.8 Å². The highest BCUT2D eigenvalue weighted by atomic mass is 35.5. The number of nitrogens with one attached hydrogen (secondary N) is 2. The fraction of sp³-hybridized carbons (Fsp3) is 0.273. The first-order valence-corrected chi connectivity index (χ1v) is 11.7. The number of aromatic nitrogens is 3. The smallest absolute Gasteiger partial charge is 0.252 e. The average Bonchev–Trinajstić information content (AvgIpc) is 3.14. The first kappa shape index (κ1) is 24.1. The van der Waals surface area contributed by atoms with E-state index in [9.17, 15) is 9.59 Å². The van der Waals surface area contributed by atoms with E-state index in [1.807, 2.05) is 43.5 Å². The first-order valence-electron chi connectivity index (χ1n) is 9.96. The SMILES string of the molecule is CCn1c(SCC(=O)Nc2cc(Cl)cc(Cl)c2)nnc1[C@H](C)NC(=O)c1ccccc1C. The van der Waals surface area contributed by atoms with Crippen LogP contribution in [0.3, 0.4) is 0 Å². The summed E-state index contributed by atoms with van der Waals surface area (Å²) in [5.41, 5.74) is 2.05. The van der Waals surface area contributed by atoms with Crippen LogP contribution in [0, 0.1) is 6.92 Å². The van der Waals surface area contributed by atoms with E-state index >= 15 is 0 Å². The number of aryl methyl sites for hydroxylation is 1. The van der Waals surface area contributed by atoms with Gasteiger partial charge in [-0.3, -0.25) is 9.59 Å². The van der Waals surface area contributed by atoms with Crippen molar-refractivity contribution in [2.45, 2.75) is 38.5 Å². The summed E-state index contributed by atoms with van der Waals surface area (Å²) >= 11 is 13.2. The van der Waals surface area contributed by atoms with E-state index in [1.54, 1.807) is 24.3 Å². The number of hydrogen-bond donors (Lipinski definition) is 2. The molecule has 10 heteroatoms. The maximum atomic E-state index is 12.6. The summed E-state index contributed by atoms with van der Waals surface area (Å²) in [4.78, 5) is 25.0. The molecule has 0 fully saturated rings. The zero-order valence-electron chi connectivity index (χ0n) is 17.9. The molecule has 0 aliphatic rings. The van der Waals surface area contributed by atoms with E-state index in [4.69, 9.17) is 23.2 Å². The molecule has 3 rings (SSSR count). The first-order chi connectivity index (χ1) is 15.3. The predicted molar refractivity (Wildman–Crippen MR) is 129 cm³/mol. The van der Waals surface area contributed by atoms with Crippen molar-refractivity contribution in [1.82, 2.24) is 20.1 Å². The molecular weight excluding hydrogens is 469 g/mol. The molecule has 0 aliphatic heterocycles. The van der Waals surface area contributed by atoms with E-state index in [-0.39, 0.29) is 23.6 Å². The van der Waals surface area contributed by atoms with Gasteiger partial charge >= 0.3 is 0 Å². The summed E-state index contributed by atoms with van der Waals surface area (Å²) in [6.07, 6.45) is 0. The van der Waals surface area contributed by atoms with Gasteiger partial charge in [0.25, 0.3) is 5.91 Å². The Bertz CT molecular complexity index is 1120. The summed E-state index contributed by atoms with van der Waals surface area (Å²) in [6, 6.07) is 11.9. The summed E-state index contributed by atoms with van der Waals surface area (Å²) in [7, 11) is 0. The molecule has 0 saturated carbocycles. The van der Waals surface area contributed by atoms with Gasteiger partial charge in [-0.25, -0.2) is 0 Å². The Balaban J connectivity index is 1.64. The van der Waals surface area contributed by atoms with Crippen LogP contribution in [0.15, 0.2) is 47.6 Å². The standard InChI is InChI=1S/C22H23Cl2N5O2S/c1-4-29-20(14(3)25-21(31)18-8-6-5-7-13(18)2)27-28-22(29)32-12-19(30)26-17-10-15(23)9-16(24)11-17/h5-11,14H,4,12H2,1-3H3,(H,25,31)(H,26,30)/t14-/m0/s1. The maximum Gasteiger partial charge on any atom is 0.252 e. The van der Waals surface area contributed by atoms with Crippen molar-refractivity contribution in [1.29, 1.82) is 0 Å². The Kier molecular flexibility index (Phi) is 8.17. The largest absolute Gasteiger partial charge is 0.342 e. The monoisotopic (exact) mass is 491 g/mol. The summed E-state index contributed by atoms with van der Waals surface area (Å²) in [6.45, 7) is 6.31. The number of thioether (sulfide) groups is 1. The van der Waals surface area contributed by atoms with Crippen LogP contribution in [0.5, 0.6) is 0 Å². The highest BCUT2D eigenvalue weighted by molar-refractivity contribution is 7.99.